The second-order valence-electron chi connectivity index (χ2n) is 4.68. The Labute approximate surface area is 121 Å². The first kappa shape index (κ1) is 16.6. The minimum absolute atomic E-state index is 0.0740. The summed E-state index contributed by atoms with van der Waals surface area (Å²) in [7, 11) is 1.48. The molecular weight excluding hydrogens is 278 g/mol. The van der Waals surface area contributed by atoms with Gasteiger partial charge in [-0.2, -0.15) is 0 Å². The number of nitro groups is 1. The molecule has 1 aromatic carbocycles. The van der Waals surface area contributed by atoms with Crippen molar-refractivity contribution in [2.75, 3.05) is 7.05 Å². The largest absolute Gasteiger partial charge is 0.481 e. The van der Waals surface area contributed by atoms with Crippen LogP contribution in [0.3, 0.4) is 0 Å². The van der Waals surface area contributed by atoms with Gasteiger partial charge in [-0.25, -0.2) is 0 Å². The third-order valence-corrected chi connectivity index (χ3v) is 3.20. The van der Waals surface area contributed by atoms with Crippen LogP contribution in [0.4, 0.5) is 5.69 Å². The van der Waals surface area contributed by atoms with Gasteiger partial charge in [-0.05, 0) is 12.5 Å². The zero-order chi connectivity index (χ0) is 16.2. The molecule has 1 aromatic rings. The Kier molecular flexibility index (Phi) is 5.37. The Morgan fingerprint density at radius 2 is 2.10 bits per heavy atom. The van der Waals surface area contributed by atoms with Crippen molar-refractivity contribution < 1.29 is 19.6 Å². The van der Waals surface area contributed by atoms with Gasteiger partial charge in [0.2, 0.25) is 5.91 Å². The van der Waals surface area contributed by atoms with E-state index in [0.29, 0.717) is 5.56 Å². The predicted molar refractivity (Wildman–Crippen MR) is 74.5 cm³/mol. The van der Waals surface area contributed by atoms with E-state index in [-0.39, 0.29) is 5.69 Å². The number of amides is 1. The molecule has 0 saturated carbocycles. The summed E-state index contributed by atoms with van der Waals surface area (Å²) in [4.78, 5) is 34.1. The summed E-state index contributed by atoms with van der Waals surface area (Å²) in [6.45, 7) is 1.68. The Morgan fingerprint density at radius 3 is 2.62 bits per heavy atom. The van der Waals surface area contributed by atoms with E-state index in [9.17, 15) is 19.7 Å². The molecule has 1 rings (SSSR count). The number of benzene rings is 1. The van der Waals surface area contributed by atoms with E-state index in [4.69, 9.17) is 10.8 Å². The van der Waals surface area contributed by atoms with Gasteiger partial charge in [0.25, 0.3) is 5.69 Å². The van der Waals surface area contributed by atoms with Gasteiger partial charge in [-0.1, -0.05) is 12.1 Å². The highest BCUT2D eigenvalue weighted by atomic mass is 16.6. The van der Waals surface area contributed by atoms with E-state index < -0.39 is 35.3 Å². The van der Waals surface area contributed by atoms with Crippen LogP contribution in [0.1, 0.15) is 24.9 Å². The van der Waals surface area contributed by atoms with Crippen LogP contribution in [0.15, 0.2) is 24.3 Å². The molecule has 2 atom stereocenters. The number of nitro benzene ring substituents is 1. The summed E-state index contributed by atoms with van der Waals surface area (Å²) >= 11 is 0. The van der Waals surface area contributed by atoms with Crippen LogP contribution in [0.5, 0.6) is 0 Å². The maximum absolute atomic E-state index is 12.0. The number of likely N-dealkylation sites (N-methyl/N-ethyl adjacent to an activating group) is 1. The molecule has 2 unspecified atom stereocenters. The lowest BCUT2D eigenvalue weighted by Crippen LogP contribution is -2.43. The number of aliphatic carboxylic acids is 1. The first-order chi connectivity index (χ1) is 9.73. The fourth-order valence-electron chi connectivity index (χ4n) is 1.85. The van der Waals surface area contributed by atoms with Gasteiger partial charge in [0, 0.05) is 19.2 Å². The normalized spacial score (nSPS) is 13.3. The van der Waals surface area contributed by atoms with E-state index in [1.54, 1.807) is 13.0 Å². The van der Waals surface area contributed by atoms with Gasteiger partial charge in [-0.3, -0.25) is 19.7 Å². The Balaban J connectivity index is 2.89. The number of nitrogens with two attached hydrogens (primary N) is 1. The SMILES string of the molecule is CC(c1cccc([N+](=O)[O-])c1)N(C)C(=O)C(N)CC(=O)O. The Bertz CT molecular complexity index is 560. The summed E-state index contributed by atoms with van der Waals surface area (Å²) in [6.07, 6.45) is -0.467. The molecule has 8 nitrogen and oxygen atoms in total. The zero-order valence-corrected chi connectivity index (χ0v) is 11.7. The lowest BCUT2D eigenvalue weighted by atomic mass is 10.1. The molecule has 0 radical (unpaired) electrons. The number of hydrogen-bond donors (Lipinski definition) is 2. The summed E-state index contributed by atoms with van der Waals surface area (Å²) in [5.41, 5.74) is 6.03. The maximum Gasteiger partial charge on any atom is 0.305 e. The fraction of sp³-hybridized carbons (Fsp3) is 0.385. The molecule has 0 spiro atoms. The quantitative estimate of drug-likeness (QED) is 0.593. The van der Waals surface area contributed by atoms with Crippen molar-refractivity contribution >= 4 is 17.6 Å². The van der Waals surface area contributed by atoms with Crippen LogP contribution < -0.4 is 5.73 Å². The van der Waals surface area contributed by atoms with Gasteiger partial charge in [-0.15, -0.1) is 0 Å². The molecule has 0 aliphatic heterocycles. The van der Waals surface area contributed by atoms with E-state index >= 15 is 0 Å². The van der Waals surface area contributed by atoms with Gasteiger partial charge in [0.05, 0.1) is 23.4 Å². The maximum atomic E-state index is 12.0. The minimum atomic E-state index is -1.16. The number of rotatable bonds is 6. The average molecular weight is 295 g/mol. The topological polar surface area (TPSA) is 127 Å². The minimum Gasteiger partial charge on any atom is -0.481 e. The van der Waals surface area contributed by atoms with E-state index in [2.05, 4.69) is 0 Å². The molecular formula is C13H17N3O5. The van der Waals surface area contributed by atoms with E-state index in [1.165, 1.54) is 30.1 Å². The number of carboxylic acid groups (broad SMARTS) is 1. The van der Waals surface area contributed by atoms with E-state index in [0.717, 1.165) is 0 Å². The third kappa shape index (κ3) is 4.25. The smallest absolute Gasteiger partial charge is 0.305 e. The molecule has 0 fully saturated rings. The molecule has 3 N–H and O–H groups in total. The van der Waals surface area contributed by atoms with Crippen LogP contribution in [0, 0.1) is 10.1 Å². The summed E-state index contributed by atoms with van der Waals surface area (Å²) in [5, 5.41) is 19.4. The number of carbonyl (C=O) groups excluding carboxylic acids is 1. The molecule has 8 heteroatoms. The van der Waals surface area contributed by atoms with Crippen molar-refractivity contribution in [3.05, 3.63) is 39.9 Å². The van der Waals surface area contributed by atoms with Crippen molar-refractivity contribution in [3.63, 3.8) is 0 Å². The average Bonchev–Trinajstić information content (AvgIpc) is 2.44. The highest BCUT2D eigenvalue weighted by Gasteiger charge is 2.25. The molecule has 114 valence electrons. The molecule has 1 amide bonds. The van der Waals surface area contributed by atoms with Crippen molar-refractivity contribution in [1.82, 2.24) is 4.90 Å². The van der Waals surface area contributed by atoms with Crippen molar-refractivity contribution in [2.45, 2.75) is 25.4 Å². The summed E-state index contributed by atoms with van der Waals surface area (Å²) < 4.78 is 0. The van der Waals surface area contributed by atoms with Gasteiger partial charge < -0.3 is 15.7 Å². The second kappa shape index (κ2) is 6.80. The monoisotopic (exact) mass is 295 g/mol. The van der Waals surface area contributed by atoms with Gasteiger partial charge in [0.1, 0.15) is 0 Å². The van der Waals surface area contributed by atoms with Crippen molar-refractivity contribution in [1.29, 1.82) is 0 Å². The third-order valence-electron chi connectivity index (χ3n) is 3.20. The second-order valence-corrected chi connectivity index (χ2v) is 4.68. The number of carboxylic acids is 1. The van der Waals surface area contributed by atoms with Gasteiger partial charge >= 0.3 is 5.97 Å². The van der Waals surface area contributed by atoms with Crippen LogP contribution in [-0.2, 0) is 9.59 Å². The fourth-order valence-corrected chi connectivity index (χ4v) is 1.85. The highest BCUT2D eigenvalue weighted by molar-refractivity contribution is 5.86. The number of hydrogen-bond acceptors (Lipinski definition) is 5. The predicted octanol–water partition coefficient (Wildman–Crippen LogP) is 0.916. The Morgan fingerprint density at radius 1 is 1.48 bits per heavy atom. The van der Waals surface area contributed by atoms with Crippen LogP contribution in [0.25, 0.3) is 0 Å². The lowest BCUT2D eigenvalue weighted by Gasteiger charge is -2.27. The summed E-state index contributed by atoms with van der Waals surface area (Å²) in [6, 6.07) is 4.31. The molecule has 0 aliphatic rings. The zero-order valence-electron chi connectivity index (χ0n) is 11.7. The highest BCUT2D eigenvalue weighted by Crippen LogP contribution is 2.23. The van der Waals surface area contributed by atoms with Crippen molar-refractivity contribution in [3.8, 4) is 0 Å². The molecule has 0 aromatic heterocycles. The van der Waals surface area contributed by atoms with Crippen LogP contribution in [0.2, 0.25) is 0 Å². The number of carbonyl (C=O) groups is 2. The number of non-ortho nitro benzene ring substituents is 1. The first-order valence-electron chi connectivity index (χ1n) is 6.22. The van der Waals surface area contributed by atoms with Crippen LogP contribution >= 0.6 is 0 Å². The molecule has 0 saturated heterocycles. The van der Waals surface area contributed by atoms with Gasteiger partial charge in [0.15, 0.2) is 0 Å². The molecule has 0 aliphatic carbocycles. The van der Waals surface area contributed by atoms with Crippen LogP contribution in [-0.4, -0.2) is 39.9 Å². The molecule has 21 heavy (non-hydrogen) atoms. The van der Waals surface area contributed by atoms with E-state index in [1.807, 2.05) is 0 Å². The number of nitrogens with zero attached hydrogens (tertiary/aromatic N) is 2. The lowest BCUT2D eigenvalue weighted by molar-refractivity contribution is -0.384. The molecule has 0 heterocycles. The first-order valence-corrected chi connectivity index (χ1v) is 6.22. The van der Waals surface area contributed by atoms with Crippen molar-refractivity contribution in [2.24, 2.45) is 5.73 Å². The standard InChI is InChI=1S/C13H17N3O5/c1-8(9-4-3-5-10(6-9)16(20)21)15(2)13(19)11(14)7-12(17)18/h3-6,8,11H,7,14H2,1-2H3,(H,17,18). The summed E-state index contributed by atoms with van der Waals surface area (Å²) in [5.74, 6) is -1.69. The molecule has 0 bridgehead atoms. The Hall–Kier alpha value is -2.48.